The van der Waals surface area contributed by atoms with Crippen molar-refractivity contribution < 1.29 is 0 Å². The van der Waals surface area contributed by atoms with E-state index < -0.39 is 0 Å². The highest BCUT2D eigenvalue weighted by Gasteiger charge is 2.01. The normalized spacial score (nSPS) is 9.42. The van der Waals surface area contributed by atoms with Crippen molar-refractivity contribution in [3.8, 4) is 0 Å². The van der Waals surface area contributed by atoms with Crippen molar-refractivity contribution >= 4 is 22.1 Å². The summed E-state index contributed by atoms with van der Waals surface area (Å²) >= 11 is 3.16. The number of nitrogens with two attached hydrogens (primary N) is 1. The predicted octanol–water partition coefficient (Wildman–Crippen LogP) is 1.69. The Bertz CT molecular complexity index is 260. The van der Waals surface area contributed by atoms with Crippen LogP contribution in [0.1, 0.15) is 5.56 Å². The van der Waals surface area contributed by atoms with Gasteiger partial charge in [-0.1, -0.05) is 30.3 Å². The molecule has 0 heterocycles. The first-order valence-corrected chi connectivity index (χ1v) is 4.22. The van der Waals surface area contributed by atoms with Gasteiger partial charge in [0, 0.05) is 0 Å². The van der Waals surface area contributed by atoms with Gasteiger partial charge in [-0.25, -0.2) is 0 Å². The molecule has 3 N–H and O–H groups in total. The largest absolute Gasteiger partial charge is 0.369 e. The van der Waals surface area contributed by atoms with E-state index in [1.54, 1.807) is 0 Å². The summed E-state index contributed by atoms with van der Waals surface area (Å²) in [4.78, 5) is 0. The van der Waals surface area contributed by atoms with E-state index in [0.29, 0.717) is 6.54 Å². The van der Waals surface area contributed by atoms with E-state index in [9.17, 15) is 0 Å². The standard InChI is InChI=1S/C8H10BrN3/c9-12(8(10)11)6-7-4-2-1-3-5-7/h1-5H,6H2,(H3,10,11). The Kier molecular flexibility index (Phi) is 3.10. The summed E-state index contributed by atoms with van der Waals surface area (Å²) in [7, 11) is 0. The Morgan fingerprint density at radius 3 is 2.50 bits per heavy atom. The molecule has 0 amide bonds. The van der Waals surface area contributed by atoms with Crippen molar-refractivity contribution in [2.24, 2.45) is 5.73 Å². The summed E-state index contributed by atoms with van der Waals surface area (Å²) in [5, 5.41) is 7.11. The fraction of sp³-hybridized carbons (Fsp3) is 0.125. The molecule has 0 spiro atoms. The molecule has 1 aromatic carbocycles. The average molecular weight is 228 g/mol. The minimum Gasteiger partial charge on any atom is -0.369 e. The predicted molar refractivity (Wildman–Crippen MR) is 52.8 cm³/mol. The van der Waals surface area contributed by atoms with Crippen LogP contribution in [0.2, 0.25) is 0 Å². The molecule has 0 aromatic heterocycles. The molecule has 0 aliphatic rings. The topological polar surface area (TPSA) is 53.1 Å². The molecule has 12 heavy (non-hydrogen) atoms. The molecule has 0 bridgehead atoms. The Labute approximate surface area is 80.0 Å². The number of hydrogen-bond acceptors (Lipinski definition) is 1. The van der Waals surface area contributed by atoms with Gasteiger partial charge in [0.05, 0.1) is 22.7 Å². The third-order valence-corrected chi connectivity index (χ3v) is 2.06. The number of nitrogens with zero attached hydrogens (tertiary/aromatic N) is 1. The van der Waals surface area contributed by atoms with Crippen LogP contribution in [0.5, 0.6) is 0 Å². The molecule has 0 radical (unpaired) electrons. The Balaban J connectivity index is 2.58. The van der Waals surface area contributed by atoms with E-state index in [-0.39, 0.29) is 5.96 Å². The third-order valence-electron chi connectivity index (χ3n) is 1.43. The quantitative estimate of drug-likeness (QED) is 0.459. The Morgan fingerprint density at radius 2 is 2.00 bits per heavy atom. The highest BCUT2D eigenvalue weighted by Crippen LogP contribution is 2.06. The van der Waals surface area contributed by atoms with Crippen LogP contribution < -0.4 is 5.73 Å². The van der Waals surface area contributed by atoms with Gasteiger partial charge in [-0.2, -0.15) is 0 Å². The smallest absolute Gasteiger partial charge is 0.198 e. The maximum absolute atomic E-state index is 7.11. The lowest BCUT2D eigenvalue weighted by molar-refractivity contribution is 0.679. The summed E-state index contributed by atoms with van der Waals surface area (Å²) in [5.41, 5.74) is 6.36. The summed E-state index contributed by atoms with van der Waals surface area (Å²) < 4.78 is 1.50. The number of hydrogen-bond donors (Lipinski definition) is 2. The second-order valence-corrected chi connectivity index (χ2v) is 3.25. The fourth-order valence-electron chi connectivity index (χ4n) is 0.829. The van der Waals surface area contributed by atoms with Crippen molar-refractivity contribution in [3.05, 3.63) is 35.9 Å². The highest BCUT2D eigenvalue weighted by atomic mass is 79.9. The van der Waals surface area contributed by atoms with Crippen LogP contribution in [0.3, 0.4) is 0 Å². The van der Waals surface area contributed by atoms with E-state index in [4.69, 9.17) is 11.1 Å². The average Bonchev–Trinajstić information content (AvgIpc) is 2.06. The van der Waals surface area contributed by atoms with Crippen molar-refractivity contribution in [3.63, 3.8) is 0 Å². The Hall–Kier alpha value is -1.03. The van der Waals surface area contributed by atoms with E-state index in [0.717, 1.165) is 5.56 Å². The summed E-state index contributed by atoms with van der Waals surface area (Å²) in [6.45, 7) is 0.607. The van der Waals surface area contributed by atoms with Crippen LogP contribution >= 0.6 is 16.1 Å². The molecule has 0 unspecified atom stereocenters. The lowest BCUT2D eigenvalue weighted by Crippen LogP contribution is -2.27. The molecule has 3 nitrogen and oxygen atoms in total. The van der Waals surface area contributed by atoms with Crippen LogP contribution in [0, 0.1) is 5.41 Å². The number of guanidine groups is 1. The first-order chi connectivity index (χ1) is 5.70. The molecule has 1 aromatic rings. The van der Waals surface area contributed by atoms with Crippen LogP contribution in [0.4, 0.5) is 0 Å². The number of rotatable bonds is 2. The van der Waals surface area contributed by atoms with Crippen LogP contribution in [-0.2, 0) is 6.54 Å². The zero-order valence-corrected chi connectivity index (χ0v) is 8.08. The van der Waals surface area contributed by atoms with E-state index in [1.165, 1.54) is 3.93 Å². The maximum Gasteiger partial charge on any atom is 0.198 e. The van der Waals surface area contributed by atoms with Crippen molar-refractivity contribution in [1.82, 2.24) is 3.93 Å². The molecule has 0 atom stereocenters. The van der Waals surface area contributed by atoms with Crippen LogP contribution in [0.25, 0.3) is 0 Å². The van der Waals surface area contributed by atoms with Gasteiger partial charge in [0.2, 0.25) is 0 Å². The second kappa shape index (κ2) is 4.11. The van der Waals surface area contributed by atoms with Gasteiger partial charge in [0.1, 0.15) is 0 Å². The molecule has 0 aliphatic carbocycles. The van der Waals surface area contributed by atoms with Gasteiger partial charge in [-0.15, -0.1) is 0 Å². The van der Waals surface area contributed by atoms with Gasteiger partial charge in [0.15, 0.2) is 5.96 Å². The van der Waals surface area contributed by atoms with Crippen LogP contribution in [-0.4, -0.2) is 9.89 Å². The van der Waals surface area contributed by atoms with Gasteiger partial charge in [-0.05, 0) is 5.56 Å². The zero-order chi connectivity index (χ0) is 8.97. The molecule has 0 saturated carbocycles. The van der Waals surface area contributed by atoms with Crippen molar-refractivity contribution in [1.29, 1.82) is 5.41 Å². The van der Waals surface area contributed by atoms with Gasteiger partial charge in [-0.3, -0.25) is 9.34 Å². The van der Waals surface area contributed by atoms with Gasteiger partial charge < -0.3 is 5.73 Å². The first-order valence-electron chi connectivity index (χ1n) is 3.51. The SMILES string of the molecule is N=C(N)N(Br)Cc1ccccc1. The highest BCUT2D eigenvalue weighted by molar-refractivity contribution is 9.07. The van der Waals surface area contributed by atoms with Gasteiger partial charge in [0.25, 0.3) is 0 Å². The fourth-order valence-corrected chi connectivity index (χ4v) is 1.12. The molecule has 0 saturated heterocycles. The molecule has 1 rings (SSSR count). The lowest BCUT2D eigenvalue weighted by atomic mass is 10.2. The third kappa shape index (κ3) is 2.54. The maximum atomic E-state index is 7.11. The molecular weight excluding hydrogens is 218 g/mol. The molecule has 64 valence electrons. The van der Waals surface area contributed by atoms with E-state index in [1.807, 2.05) is 30.3 Å². The molecule has 4 heteroatoms. The van der Waals surface area contributed by atoms with E-state index >= 15 is 0 Å². The molecule has 0 aliphatic heterocycles. The van der Waals surface area contributed by atoms with Gasteiger partial charge >= 0.3 is 0 Å². The lowest BCUT2D eigenvalue weighted by Gasteiger charge is -2.12. The minimum atomic E-state index is 0.0128. The molecule has 0 fully saturated rings. The van der Waals surface area contributed by atoms with Crippen LogP contribution in [0.15, 0.2) is 30.3 Å². The summed E-state index contributed by atoms with van der Waals surface area (Å²) in [5.74, 6) is 0.0128. The van der Waals surface area contributed by atoms with Crippen molar-refractivity contribution in [2.75, 3.05) is 0 Å². The first kappa shape index (κ1) is 9.06. The number of nitrogens with one attached hydrogen (secondary N) is 1. The minimum absolute atomic E-state index is 0.0128. The van der Waals surface area contributed by atoms with Crippen molar-refractivity contribution in [2.45, 2.75) is 6.54 Å². The number of benzene rings is 1. The Morgan fingerprint density at radius 1 is 1.42 bits per heavy atom. The van der Waals surface area contributed by atoms with E-state index in [2.05, 4.69) is 16.1 Å². The summed E-state index contributed by atoms with van der Waals surface area (Å²) in [6, 6.07) is 9.83. The molecular formula is C8H10BrN3. The monoisotopic (exact) mass is 227 g/mol. The second-order valence-electron chi connectivity index (χ2n) is 2.39. The summed E-state index contributed by atoms with van der Waals surface area (Å²) in [6.07, 6.45) is 0. The number of halogens is 1. The zero-order valence-electron chi connectivity index (χ0n) is 6.50.